The Hall–Kier alpha value is -1.59. The molecule has 0 aromatic heterocycles. The molecule has 18 heavy (non-hydrogen) atoms. The molecular weight excluding hydrogens is 236 g/mol. The van der Waals surface area contributed by atoms with Gasteiger partial charge in [0.2, 0.25) is 11.8 Å². The van der Waals surface area contributed by atoms with Crippen LogP contribution < -0.4 is 5.32 Å². The molecule has 0 spiro atoms. The minimum atomic E-state index is -0.785. The number of nitrogens with zero attached hydrogens (tertiary/aromatic N) is 1. The van der Waals surface area contributed by atoms with Crippen molar-refractivity contribution in [3.05, 3.63) is 0 Å². The first kappa shape index (κ1) is 14.5. The van der Waals surface area contributed by atoms with Gasteiger partial charge in [0.1, 0.15) is 0 Å². The molecular formula is C12H20N2O4. The maximum absolute atomic E-state index is 11.9. The molecule has 6 nitrogen and oxygen atoms in total. The van der Waals surface area contributed by atoms with Crippen molar-refractivity contribution in [3.8, 4) is 0 Å². The lowest BCUT2D eigenvalue weighted by atomic mass is 9.91. The molecule has 1 aliphatic rings. The fraction of sp³-hybridized carbons (Fsp3) is 0.750. The van der Waals surface area contributed by atoms with Crippen LogP contribution in [0.5, 0.6) is 0 Å². The Labute approximate surface area is 106 Å². The van der Waals surface area contributed by atoms with Crippen molar-refractivity contribution in [2.75, 3.05) is 13.1 Å². The van der Waals surface area contributed by atoms with Crippen LogP contribution in [-0.2, 0) is 14.4 Å². The van der Waals surface area contributed by atoms with Crippen molar-refractivity contribution < 1.29 is 19.5 Å². The molecule has 1 aliphatic heterocycles. The molecule has 0 saturated carbocycles. The Kier molecular flexibility index (Phi) is 5.12. The summed E-state index contributed by atoms with van der Waals surface area (Å²) in [4.78, 5) is 35.2. The van der Waals surface area contributed by atoms with Crippen LogP contribution in [0.1, 0.15) is 33.1 Å². The van der Waals surface area contributed by atoms with Gasteiger partial charge in [0.25, 0.3) is 0 Å². The standard InChI is InChI=1S/C12H20N2O4/c1-8-7-10(12(17)18)4-6-14(8)11(16)3-5-13-9(2)15/h8,10H,3-7H2,1-2H3,(H,13,15)(H,17,18). The fourth-order valence-corrected chi connectivity index (χ4v) is 2.26. The third-order valence-corrected chi connectivity index (χ3v) is 3.26. The number of nitrogens with one attached hydrogen (secondary N) is 1. The van der Waals surface area contributed by atoms with Crippen molar-refractivity contribution in [1.82, 2.24) is 10.2 Å². The van der Waals surface area contributed by atoms with E-state index >= 15 is 0 Å². The molecule has 1 fully saturated rings. The van der Waals surface area contributed by atoms with Crippen LogP contribution in [0.3, 0.4) is 0 Å². The first-order chi connectivity index (χ1) is 8.41. The topological polar surface area (TPSA) is 86.7 Å². The van der Waals surface area contributed by atoms with Crippen LogP contribution in [0.15, 0.2) is 0 Å². The van der Waals surface area contributed by atoms with Crippen molar-refractivity contribution in [3.63, 3.8) is 0 Å². The Morgan fingerprint density at radius 1 is 1.39 bits per heavy atom. The van der Waals surface area contributed by atoms with Gasteiger partial charge in [-0.1, -0.05) is 0 Å². The van der Waals surface area contributed by atoms with Crippen molar-refractivity contribution in [2.24, 2.45) is 5.92 Å². The average Bonchev–Trinajstić information content (AvgIpc) is 2.27. The summed E-state index contributed by atoms with van der Waals surface area (Å²) >= 11 is 0. The maximum atomic E-state index is 11.9. The number of piperidine rings is 1. The second-order valence-electron chi connectivity index (χ2n) is 4.73. The molecule has 2 N–H and O–H groups in total. The zero-order valence-corrected chi connectivity index (χ0v) is 10.8. The van der Waals surface area contributed by atoms with Gasteiger partial charge in [-0.25, -0.2) is 0 Å². The largest absolute Gasteiger partial charge is 0.481 e. The van der Waals surface area contributed by atoms with Gasteiger partial charge in [-0.15, -0.1) is 0 Å². The molecule has 2 unspecified atom stereocenters. The SMILES string of the molecule is CC(=O)NCCC(=O)N1CCC(C(=O)O)CC1C. The van der Waals surface area contributed by atoms with Gasteiger partial charge in [-0.05, 0) is 19.8 Å². The van der Waals surface area contributed by atoms with Crippen LogP contribution in [0, 0.1) is 5.92 Å². The predicted molar refractivity (Wildman–Crippen MR) is 64.8 cm³/mol. The second kappa shape index (κ2) is 6.37. The number of aliphatic carboxylic acids is 1. The first-order valence-corrected chi connectivity index (χ1v) is 6.18. The van der Waals surface area contributed by atoms with E-state index in [0.29, 0.717) is 25.9 Å². The average molecular weight is 256 g/mol. The summed E-state index contributed by atoms with van der Waals surface area (Å²) in [5.41, 5.74) is 0. The third-order valence-electron chi connectivity index (χ3n) is 3.26. The Morgan fingerprint density at radius 3 is 2.56 bits per heavy atom. The fourth-order valence-electron chi connectivity index (χ4n) is 2.26. The van der Waals surface area contributed by atoms with Crippen molar-refractivity contribution in [1.29, 1.82) is 0 Å². The summed E-state index contributed by atoms with van der Waals surface area (Å²) in [7, 11) is 0. The lowest BCUT2D eigenvalue weighted by Crippen LogP contribution is -2.46. The van der Waals surface area contributed by atoms with E-state index < -0.39 is 5.97 Å². The molecule has 0 aliphatic carbocycles. The number of hydrogen-bond donors (Lipinski definition) is 2. The van der Waals surface area contributed by atoms with E-state index in [0.717, 1.165) is 0 Å². The number of hydrogen-bond acceptors (Lipinski definition) is 3. The minimum Gasteiger partial charge on any atom is -0.481 e. The number of rotatable bonds is 4. The molecule has 1 rings (SSSR count). The Balaban J connectivity index is 2.40. The number of likely N-dealkylation sites (tertiary alicyclic amines) is 1. The van der Waals surface area contributed by atoms with E-state index in [2.05, 4.69) is 5.32 Å². The Morgan fingerprint density at radius 2 is 2.06 bits per heavy atom. The molecule has 0 aromatic carbocycles. The van der Waals surface area contributed by atoms with E-state index in [1.54, 1.807) is 4.90 Å². The highest BCUT2D eigenvalue weighted by molar-refractivity contribution is 5.79. The lowest BCUT2D eigenvalue weighted by Gasteiger charge is -2.36. The summed E-state index contributed by atoms with van der Waals surface area (Å²) < 4.78 is 0. The van der Waals surface area contributed by atoms with Crippen LogP contribution in [0.2, 0.25) is 0 Å². The molecule has 1 heterocycles. The van der Waals surface area contributed by atoms with Gasteiger partial charge < -0.3 is 15.3 Å². The second-order valence-corrected chi connectivity index (χ2v) is 4.73. The van der Waals surface area contributed by atoms with Crippen LogP contribution >= 0.6 is 0 Å². The summed E-state index contributed by atoms with van der Waals surface area (Å²) in [5, 5.41) is 11.5. The number of carbonyl (C=O) groups excluding carboxylic acids is 2. The van der Waals surface area contributed by atoms with Crippen LogP contribution in [0.25, 0.3) is 0 Å². The maximum Gasteiger partial charge on any atom is 0.306 e. The van der Waals surface area contributed by atoms with Gasteiger partial charge >= 0.3 is 5.97 Å². The minimum absolute atomic E-state index is 0.0277. The summed E-state index contributed by atoms with van der Waals surface area (Å²) in [5.74, 6) is -1.31. The smallest absolute Gasteiger partial charge is 0.306 e. The third kappa shape index (κ3) is 4.01. The van der Waals surface area contributed by atoms with E-state index in [1.807, 2.05) is 6.92 Å². The molecule has 1 saturated heterocycles. The highest BCUT2D eigenvalue weighted by Crippen LogP contribution is 2.23. The van der Waals surface area contributed by atoms with E-state index in [-0.39, 0.29) is 30.2 Å². The molecule has 0 radical (unpaired) electrons. The molecule has 6 heteroatoms. The molecule has 2 amide bonds. The zero-order valence-electron chi connectivity index (χ0n) is 10.8. The van der Waals surface area contributed by atoms with E-state index in [9.17, 15) is 14.4 Å². The van der Waals surface area contributed by atoms with E-state index in [1.165, 1.54) is 6.92 Å². The number of carbonyl (C=O) groups is 3. The predicted octanol–water partition coefficient (Wildman–Crippen LogP) is 0.224. The number of carboxylic acid groups (broad SMARTS) is 1. The first-order valence-electron chi connectivity index (χ1n) is 6.18. The molecule has 102 valence electrons. The van der Waals surface area contributed by atoms with Crippen molar-refractivity contribution in [2.45, 2.75) is 39.2 Å². The lowest BCUT2D eigenvalue weighted by molar-refractivity contribution is -0.147. The zero-order chi connectivity index (χ0) is 13.7. The summed E-state index contributed by atoms with van der Waals surface area (Å²) in [6.45, 7) is 4.09. The van der Waals surface area contributed by atoms with Crippen LogP contribution in [-0.4, -0.2) is 46.9 Å². The highest BCUT2D eigenvalue weighted by Gasteiger charge is 2.31. The van der Waals surface area contributed by atoms with Gasteiger partial charge in [-0.2, -0.15) is 0 Å². The monoisotopic (exact) mass is 256 g/mol. The highest BCUT2D eigenvalue weighted by atomic mass is 16.4. The normalized spacial score (nSPS) is 23.6. The van der Waals surface area contributed by atoms with E-state index in [4.69, 9.17) is 5.11 Å². The summed E-state index contributed by atoms with van der Waals surface area (Å²) in [6.07, 6.45) is 1.27. The number of amides is 2. The van der Waals surface area contributed by atoms with Crippen molar-refractivity contribution >= 4 is 17.8 Å². The van der Waals surface area contributed by atoms with Gasteiger partial charge in [0.15, 0.2) is 0 Å². The van der Waals surface area contributed by atoms with Gasteiger partial charge in [0, 0.05) is 32.5 Å². The number of carboxylic acids is 1. The quantitative estimate of drug-likeness (QED) is 0.753. The molecule has 2 atom stereocenters. The van der Waals surface area contributed by atoms with Gasteiger partial charge in [0.05, 0.1) is 5.92 Å². The van der Waals surface area contributed by atoms with Gasteiger partial charge in [-0.3, -0.25) is 14.4 Å². The molecule has 0 aromatic rings. The van der Waals surface area contributed by atoms with Crippen LogP contribution in [0.4, 0.5) is 0 Å². The summed E-state index contributed by atoms with van der Waals surface area (Å²) in [6, 6.07) is -0.0512. The Bertz CT molecular complexity index is 343. The molecule has 0 bridgehead atoms.